The second-order valence-electron chi connectivity index (χ2n) is 4.11. The first-order valence-corrected chi connectivity index (χ1v) is 6.77. The first-order valence-electron chi connectivity index (χ1n) is 5.96. The summed E-state index contributed by atoms with van der Waals surface area (Å²) in [5.74, 6) is -0.0704. The van der Waals surface area contributed by atoms with Crippen LogP contribution in [0.4, 0.5) is 5.69 Å². The largest absolute Gasteiger partial charge is 0.293 e. The molecule has 0 radical (unpaired) electrons. The van der Waals surface area contributed by atoms with Gasteiger partial charge in [0.15, 0.2) is 5.78 Å². The zero-order valence-corrected chi connectivity index (χ0v) is 11.3. The van der Waals surface area contributed by atoms with Gasteiger partial charge >= 0.3 is 0 Å². The van der Waals surface area contributed by atoms with E-state index in [0.717, 1.165) is 11.3 Å². The Labute approximate surface area is 114 Å². The van der Waals surface area contributed by atoms with Crippen molar-refractivity contribution in [2.24, 2.45) is 0 Å². The average Bonchev–Trinajstić information content (AvgIpc) is 2.88. The maximum atomic E-state index is 12.1. The third-order valence-electron chi connectivity index (χ3n) is 2.82. The number of hydrogen-bond acceptors (Lipinski definition) is 4. The number of para-hydroxylation sites is 1. The fourth-order valence-electron chi connectivity index (χ4n) is 1.82. The van der Waals surface area contributed by atoms with Crippen molar-refractivity contribution in [1.82, 2.24) is 0 Å². The van der Waals surface area contributed by atoms with Gasteiger partial charge in [-0.1, -0.05) is 25.1 Å². The van der Waals surface area contributed by atoms with Gasteiger partial charge in [0, 0.05) is 22.9 Å². The van der Waals surface area contributed by atoms with Crippen molar-refractivity contribution in [3.63, 3.8) is 0 Å². The maximum Gasteiger partial charge on any atom is 0.273 e. The summed E-state index contributed by atoms with van der Waals surface area (Å²) in [5, 5.41) is 10.9. The molecule has 98 valence electrons. The number of Topliss-reactive ketones (excluding diaryl/α,β-unsaturated/α-hetero) is 1. The van der Waals surface area contributed by atoms with Gasteiger partial charge in [-0.3, -0.25) is 14.9 Å². The third kappa shape index (κ3) is 3.06. The maximum absolute atomic E-state index is 12.1. The van der Waals surface area contributed by atoms with Gasteiger partial charge in [0.1, 0.15) is 0 Å². The Morgan fingerprint density at radius 1 is 1.26 bits per heavy atom. The normalized spacial score (nSPS) is 10.4. The molecule has 0 spiro atoms. The molecule has 5 heteroatoms. The SMILES string of the molecule is CCc1ccc(C(=O)Cc2ccccc2[N+](=O)[O-])s1. The van der Waals surface area contributed by atoms with Crippen molar-refractivity contribution in [1.29, 1.82) is 0 Å². The Hall–Kier alpha value is -2.01. The highest BCUT2D eigenvalue weighted by Crippen LogP contribution is 2.23. The molecule has 0 aliphatic rings. The van der Waals surface area contributed by atoms with Crippen molar-refractivity contribution < 1.29 is 9.72 Å². The van der Waals surface area contributed by atoms with Crippen LogP contribution in [0.15, 0.2) is 36.4 Å². The lowest BCUT2D eigenvalue weighted by atomic mass is 10.1. The number of hydrogen-bond donors (Lipinski definition) is 0. The molecule has 2 aromatic rings. The molecule has 2 rings (SSSR count). The van der Waals surface area contributed by atoms with Crippen molar-refractivity contribution in [2.45, 2.75) is 19.8 Å². The average molecular weight is 275 g/mol. The second kappa shape index (κ2) is 5.75. The standard InChI is InChI=1S/C14H13NO3S/c1-2-11-7-8-14(19-11)13(16)9-10-5-3-4-6-12(10)15(17)18/h3-8H,2,9H2,1H3. The molecule has 0 unspecified atom stereocenters. The summed E-state index contributed by atoms with van der Waals surface area (Å²) in [5.41, 5.74) is 0.465. The number of rotatable bonds is 5. The molecular formula is C14H13NO3S. The highest BCUT2D eigenvalue weighted by atomic mass is 32.1. The van der Waals surface area contributed by atoms with E-state index in [9.17, 15) is 14.9 Å². The van der Waals surface area contributed by atoms with Crippen LogP contribution in [0.2, 0.25) is 0 Å². The lowest BCUT2D eigenvalue weighted by Gasteiger charge is -2.00. The van der Waals surface area contributed by atoms with E-state index in [1.807, 2.05) is 13.0 Å². The van der Waals surface area contributed by atoms with Crippen LogP contribution in [-0.4, -0.2) is 10.7 Å². The predicted molar refractivity (Wildman–Crippen MR) is 74.8 cm³/mol. The predicted octanol–water partition coefficient (Wildman–Crippen LogP) is 3.64. The van der Waals surface area contributed by atoms with Gasteiger partial charge in [-0.25, -0.2) is 0 Å². The van der Waals surface area contributed by atoms with E-state index in [-0.39, 0.29) is 17.9 Å². The van der Waals surface area contributed by atoms with Gasteiger partial charge in [-0.05, 0) is 18.6 Å². The Balaban J connectivity index is 2.21. The summed E-state index contributed by atoms with van der Waals surface area (Å²) in [6, 6.07) is 10.1. The number of carbonyl (C=O) groups excluding carboxylic acids is 1. The Morgan fingerprint density at radius 3 is 2.63 bits per heavy atom. The van der Waals surface area contributed by atoms with E-state index in [4.69, 9.17) is 0 Å². The molecule has 0 bridgehead atoms. The van der Waals surface area contributed by atoms with Crippen LogP contribution in [-0.2, 0) is 12.8 Å². The molecule has 0 aliphatic heterocycles. The van der Waals surface area contributed by atoms with Gasteiger partial charge in [-0.2, -0.15) is 0 Å². The Kier molecular flexibility index (Phi) is 4.06. The minimum atomic E-state index is -0.450. The highest BCUT2D eigenvalue weighted by molar-refractivity contribution is 7.14. The fraction of sp³-hybridized carbons (Fsp3) is 0.214. The van der Waals surface area contributed by atoms with Gasteiger partial charge in [0.2, 0.25) is 0 Å². The van der Waals surface area contributed by atoms with Crippen molar-refractivity contribution in [3.05, 3.63) is 61.8 Å². The van der Waals surface area contributed by atoms with Crippen LogP contribution in [0, 0.1) is 10.1 Å². The summed E-state index contributed by atoms with van der Waals surface area (Å²) >= 11 is 1.46. The van der Waals surface area contributed by atoms with Gasteiger partial charge in [-0.15, -0.1) is 11.3 Å². The molecule has 1 aromatic heterocycles. The number of nitro benzene ring substituents is 1. The molecule has 0 aliphatic carbocycles. The van der Waals surface area contributed by atoms with Crippen LogP contribution in [0.1, 0.15) is 27.0 Å². The number of nitro groups is 1. The first kappa shape index (κ1) is 13.4. The summed E-state index contributed by atoms with van der Waals surface area (Å²) in [6.07, 6.45) is 0.963. The molecular weight excluding hydrogens is 262 g/mol. The van der Waals surface area contributed by atoms with Crippen LogP contribution in [0.3, 0.4) is 0 Å². The number of carbonyl (C=O) groups is 1. The summed E-state index contributed by atoms with van der Waals surface area (Å²) in [7, 11) is 0. The van der Waals surface area contributed by atoms with E-state index in [1.54, 1.807) is 24.3 Å². The number of thiophene rings is 1. The number of nitrogens with zero attached hydrogens (tertiary/aromatic N) is 1. The summed E-state index contributed by atoms with van der Waals surface area (Å²) < 4.78 is 0. The van der Waals surface area contributed by atoms with E-state index >= 15 is 0 Å². The topological polar surface area (TPSA) is 60.2 Å². The molecule has 0 saturated heterocycles. The molecule has 1 aromatic carbocycles. The Bertz CT molecular complexity index is 619. The Morgan fingerprint density at radius 2 is 2.00 bits per heavy atom. The van der Waals surface area contributed by atoms with Crippen LogP contribution < -0.4 is 0 Å². The first-order chi connectivity index (χ1) is 9.11. The smallest absolute Gasteiger partial charge is 0.273 e. The third-order valence-corrected chi connectivity index (χ3v) is 4.09. The highest BCUT2D eigenvalue weighted by Gasteiger charge is 2.17. The zero-order valence-electron chi connectivity index (χ0n) is 10.5. The molecule has 1 heterocycles. The number of benzene rings is 1. The molecule has 0 fully saturated rings. The number of ketones is 1. The monoisotopic (exact) mass is 275 g/mol. The van der Waals surface area contributed by atoms with Crippen LogP contribution >= 0.6 is 11.3 Å². The lowest BCUT2D eigenvalue weighted by Crippen LogP contribution is -2.04. The zero-order chi connectivity index (χ0) is 13.8. The fourth-order valence-corrected chi connectivity index (χ4v) is 2.70. The van der Waals surface area contributed by atoms with Crippen molar-refractivity contribution in [2.75, 3.05) is 0 Å². The second-order valence-corrected chi connectivity index (χ2v) is 5.27. The lowest BCUT2D eigenvalue weighted by molar-refractivity contribution is -0.385. The molecule has 0 atom stereocenters. The van der Waals surface area contributed by atoms with Gasteiger partial charge in [0.25, 0.3) is 5.69 Å². The van der Waals surface area contributed by atoms with E-state index in [1.165, 1.54) is 17.4 Å². The molecule has 0 amide bonds. The van der Waals surface area contributed by atoms with Crippen LogP contribution in [0.25, 0.3) is 0 Å². The van der Waals surface area contributed by atoms with E-state index < -0.39 is 4.92 Å². The minimum absolute atomic E-state index is 0.00289. The van der Waals surface area contributed by atoms with E-state index in [2.05, 4.69) is 0 Å². The molecule has 19 heavy (non-hydrogen) atoms. The molecule has 4 nitrogen and oxygen atoms in total. The van der Waals surface area contributed by atoms with E-state index in [0.29, 0.717) is 10.4 Å². The molecule has 0 N–H and O–H groups in total. The van der Waals surface area contributed by atoms with Crippen molar-refractivity contribution in [3.8, 4) is 0 Å². The summed E-state index contributed by atoms with van der Waals surface area (Å²) in [4.78, 5) is 24.3. The van der Waals surface area contributed by atoms with Crippen LogP contribution in [0.5, 0.6) is 0 Å². The molecule has 0 saturated carbocycles. The van der Waals surface area contributed by atoms with Crippen molar-refractivity contribution >= 4 is 22.8 Å². The minimum Gasteiger partial charge on any atom is -0.293 e. The van der Waals surface area contributed by atoms with Gasteiger partial charge < -0.3 is 0 Å². The summed E-state index contributed by atoms with van der Waals surface area (Å²) in [6.45, 7) is 2.03. The van der Waals surface area contributed by atoms with Gasteiger partial charge in [0.05, 0.1) is 9.80 Å². The number of aryl methyl sites for hydroxylation is 1. The quantitative estimate of drug-likeness (QED) is 0.475.